The van der Waals surface area contributed by atoms with Crippen molar-refractivity contribution in [1.82, 2.24) is 4.90 Å². The van der Waals surface area contributed by atoms with Crippen LogP contribution in [0.2, 0.25) is 0 Å². The highest BCUT2D eigenvalue weighted by atomic mass is 16.3. The van der Waals surface area contributed by atoms with Gasteiger partial charge in [-0.1, -0.05) is 12.1 Å². The van der Waals surface area contributed by atoms with Crippen LogP contribution >= 0.6 is 0 Å². The lowest BCUT2D eigenvalue weighted by atomic mass is 10.1. The Hall–Kier alpha value is -2.68. The Morgan fingerprint density at radius 2 is 1.80 bits per heavy atom. The molecule has 0 unspecified atom stereocenters. The normalized spacial score (nSPS) is 14.3. The van der Waals surface area contributed by atoms with Gasteiger partial charge in [0.2, 0.25) is 5.39 Å². The van der Waals surface area contributed by atoms with Gasteiger partial charge >= 0.3 is 6.20 Å². The molecule has 0 saturated carbocycles. The maximum atomic E-state index is 12.0. The van der Waals surface area contributed by atoms with Crippen molar-refractivity contribution in [2.24, 2.45) is 0 Å². The van der Waals surface area contributed by atoms with Crippen LogP contribution in [-0.4, -0.2) is 28.4 Å². The van der Waals surface area contributed by atoms with E-state index in [2.05, 4.69) is 4.98 Å². The van der Waals surface area contributed by atoms with Gasteiger partial charge in [0.15, 0.2) is 10.7 Å². The van der Waals surface area contributed by atoms with Gasteiger partial charge in [0.1, 0.15) is 0 Å². The molecule has 2 rings (SSSR count). The molecule has 0 spiro atoms. The van der Waals surface area contributed by atoms with Crippen molar-refractivity contribution in [3.8, 4) is 0 Å². The molecule has 1 aliphatic heterocycles. The first kappa shape index (κ1) is 13.7. The zero-order valence-corrected chi connectivity index (χ0v) is 10.8. The summed E-state index contributed by atoms with van der Waals surface area (Å²) in [4.78, 5) is 28.0. The minimum absolute atomic E-state index is 0.0325. The number of unbranched alkanes of at least 4 members (excludes halogenated alkanes) is 1. The fourth-order valence-corrected chi connectivity index (χ4v) is 2.15. The number of aliphatic hydroxyl groups is 1. The number of imide groups is 1. The Balaban J connectivity index is 1.90. The Labute approximate surface area is 115 Å². The molecule has 1 N–H and O–H groups in total. The molecule has 1 aromatic rings. The number of aliphatic hydroxyl groups excluding tert-OH is 1. The van der Waals surface area contributed by atoms with E-state index in [-0.39, 0.29) is 17.6 Å². The largest absolute Gasteiger partial charge is 0.505 e. The van der Waals surface area contributed by atoms with Crippen molar-refractivity contribution in [1.29, 1.82) is 5.39 Å². The zero-order valence-electron chi connectivity index (χ0n) is 10.8. The van der Waals surface area contributed by atoms with E-state index >= 15 is 0 Å². The summed E-state index contributed by atoms with van der Waals surface area (Å²) in [5.41, 5.74) is 0.888. The quantitative estimate of drug-likeness (QED) is 0.386. The fourth-order valence-electron chi connectivity index (χ4n) is 2.15. The monoisotopic (exact) mass is 272 g/mol. The van der Waals surface area contributed by atoms with Crippen LogP contribution in [0.5, 0.6) is 0 Å². The first-order valence-electron chi connectivity index (χ1n) is 6.32. The molecule has 1 aromatic carbocycles. The van der Waals surface area contributed by atoms with Crippen LogP contribution in [0.15, 0.2) is 36.2 Å². The SMILES string of the molecule is N#[N+]C=C(O)CCCCN1C(=O)c2ccccc2C1=O. The molecule has 0 aliphatic carbocycles. The summed E-state index contributed by atoms with van der Waals surface area (Å²) in [6.07, 6.45) is 2.47. The molecule has 0 saturated heterocycles. The third kappa shape index (κ3) is 2.67. The van der Waals surface area contributed by atoms with Crippen molar-refractivity contribution in [3.63, 3.8) is 0 Å². The van der Waals surface area contributed by atoms with Crippen LogP contribution < -0.4 is 0 Å². The number of carbonyl (C=O) groups is 2. The van der Waals surface area contributed by atoms with Gasteiger partial charge in [-0.25, -0.2) is 0 Å². The van der Waals surface area contributed by atoms with E-state index in [1.165, 1.54) is 4.90 Å². The van der Waals surface area contributed by atoms with Gasteiger partial charge in [0.05, 0.1) is 11.1 Å². The van der Waals surface area contributed by atoms with Gasteiger partial charge < -0.3 is 5.11 Å². The Morgan fingerprint density at radius 1 is 1.20 bits per heavy atom. The summed E-state index contributed by atoms with van der Waals surface area (Å²) in [7, 11) is 0. The molecule has 0 bridgehead atoms. The third-order valence-electron chi connectivity index (χ3n) is 3.15. The van der Waals surface area contributed by atoms with Crippen molar-refractivity contribution >= 4 is 11.8 Å². The molecule has 1 heterocycles. The predicted molar refractivity (Wildman–Crippen MR) is 71.5 cm³/mol. The Morgan fingerprint density at radius 3 is 2.35 bits per heavy atom. The number of hydrogen-bond acceptors (Lipinski definition) is 4. The molecule has 1 aliphatic rings. The first-order valence-corrected chi connectivity index (χ1v) is 6.32. The molecule has 6 nitrogen and oxygen atoms in total. The molecule has 0 fully saturated rings. The summed E-state index contributed by atoms with van der Waals surface area (Å²) in [6, 6.07) is 6.75. The van der Waals surface area contributed by atoms with E-state index in [0.717, 1.165) is 6.20 Å². The summed E-state index contributed by atoms with van der Waals surface area (Å²) in [6.45, 7) is 0.315. The topological polar surface area (TPSA) is 85.8 Å². The average molecular weight is 272 g/mol. The van der Waals surface area contributed by atoms with Crippen molar-refractivity contribution in [2.45, 2.75) is 19.3 Å². The minimum atomic E-state index is -0.268. The molecular formula is C14H14N3O3+. The fraction of sp³-hybridized carbons (Fsp3) is 0.286. The van der Waals surface area contributed by atoms with Crippen LogP contribution in [0, 0.1) is 5.39 Å². The zero-order chi connectivity index (χ0) is 14.5. The number of allylic oxidation sites excluding steroid dienone is 1. The second kappa shape index (κ2) is 5.97. The van der Waals surface area contributed by atoms with E-state index in [9.17, 15) is 14.7 Å². The Bertz CT molecular complexity index is 581. The highest BCUT2D eigenvalue weighted by Crippen LogP contribution is 2.22. The van der Waals surface area contributed by atoms with Crippen LogP contribution in [0.3, 0.4) is 0 Å². The van der Waals surface area contributed by atoms with Crippen molar-refractivity contribution < 1.29 is 14.7 Å². The second-order valence-electron chi connectivity index (χ2n) is 4.50. The van der Waals surface area contributed by atoms with Crippen LogP contribution in [-0.2, 0) is 0 Å². The lowest BCUT2D eigenvalue weighted by Gasteiger charge is -2.12. The number of rotatable bonds is 5. The van der Waals surface area contributed by atoms with E-state index in [0.29, 0.717) is 36.9 Å². The number of diazo groups is 1. The van der Waals surface area contributed by atoms with Gasteiger partial charge in [0.25, 0.3) is 11.8 Å². The van der Waals surface area contributed by atoms with Crippen LogP contribution in [0.4, 0.5) is 0 Å². The minimum Gasteiger partial charge on any atom is -0.505 e. The molecule has 2 amide bonds. The number of hydrogen-bond donors (Lipinski definition) is 1. The smallest absolute Gasteiger partial charge is 0.387 e. The number of nitrogens with zero attached hydrogens (tertiary/aromatic N) is 3. The average Bonchev–Trinajstić information content (AvgIpc) is 2.69. The van der Waals surface area contributed by atoms with Crippen molar-refractivity contribution in [2.75, 3.05) is 6.54 Å². The van der Waals surface area contributed by atoms with E-state index in [4.69, 9.17) is 5.39 Å². The van der Waals surface area contributed by atoms with E-state index < -0.39 is 0 Å². The number of fused-ring (bicyclic) bond motifs is 1. The highest BCUT2D eigenvalue weighted by Gasteiger charge is 2.34. The summed E-state index contributed by atoms with van der Waals surface area (Å²) < 4.78 is 0. The number of amides is 2. The van der Waals surface area contributed by atoms with Gasteiger partial charge in [-0.15, -0.1) is 0 Å². The number of benzene rings is 1. The molecule has 0 aromatic heterocycles. The standard InChI is InChI=1S/C14H13N3O3/c15-16-9-10(18)5-3-4-8-17-13(19)11-6-1-2-7-12(11)14(17)20/h1-2,6-7,9H,3-5,8H2/p+1. The summed E-state index contributed by atoms with van der Waals surface area (Å²) in [5, 5.41) is 17.5. The summed E-state index contributed by atoms with van der Waals surface area (Å²) >= 11 is 0. The highest BCUT2D eigenvalue weighted by molar-refractivity contribution is 6.21. The second-order valence-corrected chi connectivity index (χ2v) is 4.50. The maximum Gasteiger partial charge on any atom is 0.387 e. The lowest BCUT2D eigenvalue weighted by molar-refractivity contribution is 0.0651. The third-order valence-corrected chi connectivity index (χ3v) is 3.15. The predicted octanol–water partition coefficient (Wildman–Crippen LogP) is 2.71. The van der Waals surface area contributed by atoms with Gasteiger partial charge in [-0.3, -0.25) is 14.5 Å². The first-order chi connectivity index (χ1) is 9.65. The molecule has 102 valence electrons. The lowest BCUT2D eigenvalue weighted by Crippen LogP contribution is -2.30. The molecule has 0 radical (unpaired) electrons. The molecule has 6 heteroatoms. The maximum absolute atomic E-state index is 12.0. The van der Waals surface area contributed by atoms with Crippen LogP contribution in [0.25, 0.3) is 4.98 Å². The number of carbonyl (C=O) groups excluding carboxylic acids is 2. The van der Waals surface area contributed by atoms with E-state index in [1.54, 1.807) is 24.3 Å². The Kier molecular flexibility index (Phi) is 4.11. The van der Waals surface area contributed by atoms with Crippen molar-refractivity contribution in [3.05, 3.63) is 52.3 Å². The summed E-state index contributed by atoms with van der Waals surface area (Å²) in [5.74, 6) is -0.568. The van der Waals surface area contributed by atoms with Gasteiger partial charge in [0, 0.05) is 13.0 Å². The molecule has 20 heavy (non-hydrogen) atoms. The molecular weight excluding hydrogens is 258 g/mol. The van der Waals surface area contributed by atoms with E-state index in [1.807, 2.05) is 0 Å². The van der Waals surface area contributed by atoms with Gasteiger partial charge in [-0.05, 0) is 25.0 Å². The van der Waals surface area contributed by atoms with Gasteiger partial charge in [-0.2, -0.15) is 0 Å². The van der Waals surface area contributed by atoms with Crippen LogP contribution in [0.1, 0.15) is 40.0 Å². The molecule has 0 atom stereocenters.